The summed E-state index contributed by atoms with van der Waals surface area (Å²) in [5.74, 6) is 0.945. The molecular weight excluding hydrogens is 298 g/mol. The van der Waals surface area contributed by atoms with Crippen LogP contribution in [0.25, 0.3) is 0 Å². The molecule has 0 aliphatic carbocycles. The molecule has 0 spiro atoms. The average molecular weight is 338 g/mol. The van der Waals surface area contributed by atoms with E-state index in [0.717, 1.165) is 25.2 Å². The van der Waals surface area contributed by atoms with Crippen LogP contribution < -0.4 is 0 Å². The van der Waals surface area contributed by atoms with Crippen LogP contribution in [0.4, 0.5) is 0 Å². The molecule has 0 radical (unpaired) electrons. The van der Waals surface area contributed by atoms with E-state index < -0.39 is 0 Å². The van der Waals surface area contributed by atoms with Gasteiger partial charge in [-0.2, -0.15) is 0 Å². The molecule has 0 aromatic carbocycles. The minimum Gasteiger partial charge on any atom is -0.381 e. The highest BCUT2D eigenvalue weighted by Gasteiger charge is 2.25. The molecule has 3 fully saturated rings. The molecule has 3 saturated heterocycles. The maximum absolute atomic E-state index is 5.48. The Kier molecular flexibility index (Phi) is 7.84. The van der Waals surface area contributed by atoms with Gasteiger partial charge in [-0.25, -0.2) is 0 Å². The predicted molar refractivity (Wildman–Crippen MR) is 101 cm³/mol. The van der Waals surface area contributed by atoms with Crippen LogP contribution in [0.1, 0.15) is 51.4 Å². The van der Waals surface area contributed by atoms with Crippen molar-refractivity contribution in [3.63, 3.8) is 0 Å². The highest BCUT2D eigenvalue weighted by atomic mass is 16.5. The predicted octanol–water partition coefficient (Wildman–Crippen LogP) is 2.69. The number of ether oxygens (including phenoxy) is 1. The number of nitrogens with zero attached hydrogens (tertiary/aromatic N) is 3. The zero-order valence-corrected chi connectivity index (χ0v) is 15.9. The van der Waals surface area contributed by atoms with Crippen molar-refractivity contribution in [2.24, 2.45) is 5.92 Å². The summed E-state index contributed by atoms with van der Waals surface area (Å²) in [6, 6.07) is 0.816. The number of hydrogen-bond donors (Lipinski definition) is 0. The molecule has 0 bridgehead atoms. The SMILES string of the molecule is CN1CCN(C2CCCCN(CCCCC3CCOCC3)C2)CC1. The second-order valence-electron chi connectivity index (χ2n) is 8.34. The van der Waals surface area contributed by atoms with E-state index in [2.05, 4.69) is 21.7 Å². The minimum absolute atomic E-state index is 0.816. The lowest BCUT2D eigenvalue weighted by molar-refractivity contribution is 0.0625. The van der Waals surface area contributed by atoms with Gasteiger partial charge in [0.2, 0.25) is 0 Å². The van der Waals surface area contributed by atoms with E-state index in [1.807, 2.05) is 0 Å². The first-order valence-corrected chi connectivity index (χ1v) is 10.5. The van der Waals surface area contributed by atoms with Crippen LogP contribution >= 0.6 is 0 Å². The number of piperazine rings is 1. The Hall–Kier alpha value is -0.160. The van der Waals surface area contributed by atoms with Crippen LogP contribution in [0, 0.1) is 5.92 Å². The van der Waals surface area contributed by atoms with Crippen molar-refractivity contribution in [3.8, 4) is 0 Å². The second-order valence-corrected chi connectivity index (χ2v) is 8.34. The second kappa shape index (κ2) is 10.1. The standard InChI is InChI=1S/C20H39N3O/c1-21-12-14-23(15-13-21)20-7-3-5-11-22(18-20)10-4-2-6-19-8-16-24-17-9-19/h19-20H,2-18H2,1H3. The number of unbranched alkanes of at least 4 members (excludes halogenated alkanes) is 1. The average Bonchev–Trinajstić information content (AvgIpc) is 2.86. The van der Waals surface area contributed by atoms with Gasteiger partial charge in [0.25, 0.3) is 0 Å². The largest absolute Gasteiger partial charge is 0.381 e. The maximum atomic E-state index is 5.48. The summed E-state index contributed by atoms with van der Waals surface area (Å²) < 4.78 is 5.48. The van der Waals surface area contributed by atoms with E-state index in [9.17, 15) is 0 Å². The van der Waals surface area contributed by atoms with Crippen molar-refractivity contribution >= 4 is 0 Å². The first-order chi connectivity index (χ1) is 11.8. The van der Waals surface area contributed by atoms with Crippen LogP contribution in [0.5, 0.6) is 0 Å². The summed E-state index contributed by atoms with van der Waals surface area (Å²) in [4.78, 5) is 8.03. The van der Waals surface area contributed by atoms with Crippen molar-refractivity contribution in [1.29, 1.82) is 0 Å². The Morgan fingerprint density at radius 2 is 1.67 bits per heavy atom. The van der Waals surface area contributed by atoms with E-state index >= 15 is 0 Å². The van der Waals surface area contributed by atoms with E-state index in [1.165, 1.54) is 97.2 Å². The molecule has 3 aliphatic heterocycles. The summed E-state index contributed by atoms with van der Waals surface area (Å²) in [7, 11) is 2.26. The molecule has 140 valence electrons. The van der Waals surface area contributed by atoms with Gasteiger partial charge in [0, 0.05) is 52.0 Å². The first-order valence-electron chi connectivity index (χ1n) is 10.5. The molecule has 3 rings (SSSR count). The Balaban J connectivity index is 1.35. The van der Waals surface area contributed by atoms with Gasteiger partial charge in [-0.15, -0.1) is 0 Å². The summed E-state index contributed by atoms with van der Waals surface area (Å²) in [5.41, 5.74) is 0. The number of hydrogen-bond acceptors (Lipinski definition) is 4. The first kappa shape index (κ1) is 18.6. The van der Waals surface area contributed by atoms with Crippen LogP contribution in [-0.2, 0) is 4.74 Å². The fraction of sp³-hybridized carbons (Fsp3) is 1.00. The fourth-order valence-corrected chi connectivity index (χ4v) is 4.69. The van der Waals surface area contributed by atoms with E-state index in [4.69, 9.17) is 4.74 Å². The summed E-state index contributed by atoms with van der Waals surface area (Å²) in [5, 5.41) is 0. The zero-order valence-electron chi connectivity index (χ0n) is 15.9. The van der Waals surface area contributed by atoms with E-state index in [-0.39, 0.29) is 0 Å². The third kappa shape index (κ3) is 5.98. The monoisotopic (exact) mass is 337 g/mol. The lowest BCUT2D eigenvalue weighted by Crippen LogP contribution is -2.51. The third-order valence-corrected chi connectivity index (χ3v) is 6.46. The molecular formula is C20H39N3O. The third-order valence-electron chi connectivity index (χ3n) is 6.46. The summed E-state index contributed by atoms with van der Waals surface area (Å²) in [6.45, 7) is 11.0. The van der Waals surface area contributed by atoms with Gasteiger partial charge in [0.05, 0.1) is 0 Å². The molecule has 24 heavy (non-hydrogen) atoms. The lowest BCUT2D eigenvalue weighted by atomic mass is 9.94. The fourth-order valence-electron chi connectivity index (χ4n) is 4.69. The smallest absolute Gasteiger partial charge is 0.0468 e. The van der Waals surface area contributed by atoms with E-state index in [1.54, 1.807) is 0 Å². The number of likely N-dealkylation sites (N-methyl/N-ethyl adjacent to an activating group) is 1. The Morgan fingerprint density at radius 3 is 2.46 bits per heavy atom. The topological polar surface area (TPSA) is 19.0 Å². The van der Waals surface area contributed by atoms with Gasteiger partial charge in [0.15, 0.2) is 0 Å². The quantitative estimate of drug-likeness (QED) is 0.694. The molecule has 0 saturated carbocycles. The molecule has 0 aromatic rings. The highest BCUT2D eigenvalue weighted by molar-refractivity contribution is 4.82. The molecule has 4 heteroatoms. The van der Waals surface area contributed by atoms with Crippen molar-refractivity contribution < 1.29 is 4.74 Å². The molecule has 1 atom stereocenters. The molecule has 0 N–H and O–H groups in total. The van der Waals surface area contributed by atoms with Gasteiger partial charge in [-0.05, 0) is 58.2 Å². The van der Waals surface area contributed by atoms with Crippen molar-refractivity contribution in [3.05, 3.63) is 0 Å². The molecule has 0 aromatic heterocycles. The van der Waals surface area contributed by atoms with Gasteiger partial charge < -0.3 is 14.5 Å². The van der Waals surface area contributed by atoms with Crippen molar-refractivity contribution in [2.45, 2.75) is 57.4 Å². The summed E-state index contributed by atoms with van der Waals surface area (Å²) >= 11 is 0. The van der Waals surface area contributed by atoms with Crippen molar-refractivity contribution in [1.82, 2.24) is 14.7 Å². The van der Waals surface area contributed by atoms with Crippen molar-refractivity contribution in [2.75, 3.05) is 66.1 Å². The molecule has 4 nitrogen and oxygen atoms in total. The van der Waals surface area contributed by atoms with Gasteiger partial charge >= 0.3 is 0 Å². The van der Waals surface area contributed by atoms with Gasteiger partial charge in [-0.1, -0.05) is 19.3 Å². The summed E-state index contributed by atoms with van der Waals surface area (Å²) in [6.07, 6.45) is 11.1. The maximum Gasteiger partial charge on any atom is 0.0468 e. The van der Waals surface area contributed by atoms with Gasteiger partial charge in [0.1, 0.15) is 0 Å². The van der Waals surface area contributed by atoms with Crippen LogP contribution in [-0.4, -0.2) is 86.8 Å². The normalized spacial score (nSPS) is 29.6. The highest BCUT2D eigenvalue weighted by Crippen LogP contribution is 2.22. The van der Waals surface area contributed by atoms with E-state index in [0.29, 0.717) is 0 Å². The molecule has 3 aliphatic rings. The Labute approximate surface area is 149 Å². The van der Waals surface area contributed by atoms with Crippen LogP contribution in [0.3, 0.4) is 0 Å². The van der Waals surface area contributed by atoms with Crippen LogP contribution in [0.15, 0.2) is 0 Å². The zero-order chi connectivity index (χ0) is 16.6. The number of rotatable bonds is 6. The molecule has 0 amide bonds. The Morgan fingerprint density at radius 1 is 0.875 bits per heavy atom. The molecule has 1 unspecified atom stereocenters. The van der Waals surface area contributed by atoms with Crippen LogP contribution in [0.2, 0.25) is 0 Å². The lowest BCUT2D eigenvalue weighted by Gasteiger charge is -2.39. The minimum atomic E-state index is 0.816. The number of likely N-dealkylation sites (tertiary alicyclic amines) is 1. The molecule has 3 heterocycles. The van der Waals surface area contributed by atoms with Gasteiger partial charge in [-0.3, -0.25) is 4.90 Å². The Bertz CT molecular complexity index is 338.